The predicted octanol–water partition coefficient (Wildman–Crippen LogP) is 2.51. The molecule has 1 saturated heterocycles. The minimum Gasteiger partial charge on any atom is -0.508 e. The Morgan fingerprint density at radius 2 is 2.29 bits per heavy atom. The van der Waals surface area contributed by atoms with E-state index in [0.717, 1.165) is 18.7 Å². The molecule has 1 aromatic carbocycles. The van der Waals surface area contributed by atoms with Gasteiger partial charge in [-0.1, -0.05) is 17.7 Å². The van der Waals surface area contributed by atoms with Crippen LogP contribution in [0.15, 0.2) is 18.2 Å². The lowest BCUT2D eigenvalue weighted by Crippen LogP contribution is -2.28. The summed E-state index contributed by atoms with van der Waals surface area (Å²) in [5, 5.41) is 13.3. The fourth-order valence-electron chi connectivity index (χ4n) is 1.96. The molecule has 1 heterocycles. The molecule has 0 spiro atoms. The third-order valence-corrected chi connectivity index (χ3v) is 3.05. The van der Waals surface area contributed by atoms with E-state index in [-0.39, 0.29) is 5.75 Å². The van der Waals surface area contributed by atoms with E-state index in [1.807, 2.05) is 6.07 Å². The molecule has 1 aromatic rings. The highest BCUT2D eigenvalue weighted by Crippen LogP contribution is 2.31. The number of halogens is 1. The molecular formula is C11H14ClNO. The van der Waals surface area contributed by atoms with E-state index in [1.165, 1.54) is 12.8 Å². The van der Waals surface area contributed by atoms with Crippen LogP contribution in [0.5, 0.6) is 5.75 Å². The summed E-state index contributed by atoms with van der Waals surface area (Å²) >= 11 is 6.08. The van der Waals surface area contributed by atoms with Crippen LogP contribution in [-0.2, 0) is 0 Å². The largest absolute Gasteiger partial charge is 0.508 e. The molecule has 0 aliphatic carbocycles. The number of hydrogen-bond acceptors (Lipinski definition) is 2. The second-order valence-electron chi connectivity index (χ2n) is 3.75. The van der Waals surface area contributed by atoms with Gasteiger partial charge in [-0.05, 0) is 43.0 Å². The van der Waals surface area contributed by atoms with Crippen molar-refractivity contribution in [3.63, 3.8) is 0 Å². The van der Waals surface area contributed by atoms with Crippen LogP contribution in [0.3, 0.4) is 0 Å². The third-order valence-electron chi connectivity index (χ3n) is 2.72. The molecule has 0 saturated carbocycles. The maximum atomic E-state index is 9.24. The molecule has 2 nitrogen and oxygen atoms in total. The highest BCUT2D eigenvalue weighted by atomic mass is 35.5. The van der Waals surface area contributed by atoms with E-state index in [9.17, 15) is 5.11 Å². The number of phenols is 1. The maximum absolute atomic E-state index is 9.24. The first-order valence-electron chi connectivity index (χ1n) is 4.96. The SMILES string of the molecule is Oc1ccc(C2CCCNC2)c(Cl)c1. The topological polar surface area (TPSA) is 32.3 Å². The van der Waals surface area contributed by atoms with Crippen LogP contribution in [0.4, 0.5) is 0 Å². The first-order chi connectivity index (χ1) is 6.77. The lowest BCUT2D eigenvalue weighted by molar-refractivity contribution is 0.458. The van der Waals surface area contributed by atoms with Crippen LogP contribution in [-0.4, -0.2) is 18.2 Å². The Morgan fingerprint density at radius 3 is 2.93 bits per heavy atom. The fourth-order valence-corrected chi connectivity index (χ4v) is 2.29. The summed E-state index contributed by atoms with van der Waals surface area (Å²) in [5.74, 6) is 0.736. The van der Waals surface area contributed by atoms with Crippen LogP contribution in [0.2, 0.25) is 5.02 Å². The summed E-state index contributed by atoms with van der Waals surface area (Å²) in [6, 6.07) is 5.25. The summed E-state index contributed by atoms with van der Waals surface area (Å²) in [6.45, 7) is 2.09. The molecule has 2 rings (SSSR count). The van der Waals surface area contributed by atoms with Gasteiger partial charge in [0.1, 0.15) is 5.75 Å². The van der Waals surface area contributed by atoms with Crippen molar-refractivity contribution in [2.24, 2.45) is 0 Å². The molecule has 2 N–H and O–H groups in total. The van der Waals surface area contributed by atoms with Crippen molar-refractivity contribution in [1.29, 1.82) is 0 Å². The molecule has 76 valence electrons. The van der Waals surface area contributed by atoms with Gasteiger partial charge in [-0.2, -0.15) is 0 Å². The van der Waals surface area contributed by atoms with Gasteiger partial charge in [-0.15, -0.1) is 0 Å². The van der Waals surface area contributed by atoms with Crippen LogP contribution >= 0.6 is 11.6 Å². The van der Waals surface area contributed by atoms with Gasteiger partial charge < -0.3 is 10.4 Å². The summed E-state index contributed by atoms with van der Waals surface area (Å²) in [6.07, 6.45) is 2.37. The number of piperidine rings is 1. The number of nitrogens with one attached hydrogen (secondary N) is 1. The van der Waals surface area contributed by atoms with Crippen LogP contribution in [0.1, 0.15) is 24.3 Å². The molecule has 1 fully saturated rings. The Bertz CT molecular complexity index is 321. The van der Waals surface area contributed by atoms with E-state index in [2.05, 4.69) is 5.32 Å². The molecule has 0 bridgehead atoms. The molecule has 0 amide bonds. The van der Waals surface area contributed by atoms with Crippen molar-refractivity contribution in [1.82, 2.24) is 5.32 Å². The standard InChI is InChI=1S/C11H14ClNO/c12-11-6-9(14)3-4-10(11)8-2-1-5-13-7-8/h3-4,6,8,13-14H,1-2,5,7H2. The summed E-state index contributed by atoms with van der Waals surface area (Å²) in [7, 11) is 0. The molecule has 3 heteroatoms. The average molecular weight is 212 g/mol. The van der Waals surface area contributed by atoms with Gasteiger partial charge in [-0.25, -0.2) is 0 Å². The number of aromatic hydroxyl groups is 1. The molecule has 1 aliphatic rings. The van der Waals surface area contributed by atoms with E-state index in [0.29, 0.717) is 10.9 Å². The zero-order chi connectivity index (χ0) is 9.97. The lowest BCUT2D eigenvalue weighted by atomic mass is 9.91. The van der Waals surface area contributed by atoms with Crippen molar-refractivity contribution < 1.29 is 5.11 Å². The number of benzene rings is 1. The Morgan fingerprint density at radius 1 is 1.43 bits per heavy atom. The summed E-state index contributed by atoms with van der Waals surface area (Å²) in [5.41, 5.74) is 1.15. The molecule has 1 aliphatic heterocycles. The van der Waals surface area contributed by atoms with E-state index < -0.39 is 0 Å². The Kier molecular flexibility index (Phi) is 2.94. The Hall–Kier alpha value is -0.730. The third kappa shape index (κ3) is 2.02. The predicted molar refractivity (Wildman–Crippen MR) is 58.0 cm³/mol. The van der Waals surface area contributed by atoms with E-state index >= 15 is 0 Å². The van der Waals surface area contributed by atoms with Crippen molar-refractivity contribution >= 4 is 11.6 Å². The highest BCUT2D eigenvalue weighted by molar-refractivity contribution is 6.31. The lowest BCUT2D eigenvalue weighted by Gasteiger charge is -2.23. The zero-order valence-corrected chi connectivity index (χ0v) is 8.72. The van der Waals surface area contributed by atoms with Crippen LogP contribution in [0.25, 0.3) is 0 Å². The monoisotopic (exact) mass is 211 g/mol. The molecule has 1 atom stereocenters. The summed E-state index contributed by atoms with van der Waals surface area (Å²) in [4.78, 5) is 0. The van der Waals surface area contributed by atoms with Crippen molar-refractivity contribution in [3.8, 4) is 5.75 Å². The van der Waals surface area contributed by atoms with E-state index in [4.69, 9.17) is 11.6 Å². The van der Waals surface area contributed by atoms with Gasteiger partial charge in [0, 0.05) is 11.6 Å². The summed E-state index contributed by atoms with van der Waals surface area (Å²) < 4.78 is 0. The maximum Gasteiger partial charge on any atom is 0.117 e. The number of phenolic OH excluding ortho intramolecular Hbond substituents is 1. The normalized spacial score (nSPS) is 22.2. The van der Waals surface area contributed by atoms with Crippen LogP contribution < -0.4 is 5.32 Å². The van der Waals surface area contributed by atoms with Gasteiger partial charge in [0.15, 0.2) is 0 Å². The first kappa shape index (κ1) is 9.81. The van der Waals surface area contributed by atoms with Gasteiger partial charge in [-0.3, -0.25) is 0 Å². The number of rotatable bonds is 1. The van der Waals surface area contributed by atoms with Gasteiger partial charge in [0.2, 0.25) is 0 Å². The van der Waals surface area contributed by atoms with Gasteiger partial charge >= 0.3 is 0 Å². The van der Waals surface area contributed by atoms with Crippen molar-refractivity contribution in [3.05, 3.63) is 28.8 Å². The quantitative estimate of drug-likeness (QED) is 0.748. The smallest absolute Gasteiger partial charge is 0.117 e. The molecule has 0 radical (unpaired) electrons. The molecular weight excluding hydrogens is 198 g/mol. The highest BCUT2D eigenvalue weighted by Gasteiger charge is 2.17. The fraction of sp³-hybridized carbons (Fsp3) is 0.455. The minimum absolute atomic E-state index is 0.238. The van der Waals surface area contributed by atoms with Gasteiger partial charge in [0.25, 0.3) is 0 Å². The minimum atomic E-state index is 0.238. The second-order valence-corrected chi connectivity index (χ2v) is 4.16. The van der Waals surface area contributed by atoms with Gasteiger partial charge in [0.05, 0.1) is 0 Å². The molecule has 0 aromatic heterocycles. The van der Waals surface area contributed by atoms with Crippen molar-refractivity contribution in [2.75, 3.05) is 13.1 Å². The van der Waals surface area contributed by atoms with Crippen LogP contribution in [0, 0.1) is 0 Å². The number of hydrogen-bond donors (Lipinski definition) is 2. The average Bonchev–Trinajstić information content (AvgIpc) is 2.19. The molecule has 1 unspecified atom stereocenters. The van der Waals surface area contributed by atoms with E-state index in [1.54, 1.807) is 12.1 Å². The van der Waals surface area contributed by atoms with Crippen molar-refractivity contribution in [2.45, 2.75) is 18.8 Å². The Balaban J connectivity index is 2.22. The molecule has 14 heavy (non-hydrogen) atoms. The second kappa shape index (κ2) is 4.20. The first-order valence-corrected chi connectivity index (χ1v) is 5.34. The Labute approximate surface area is 88.9 Å². The zero-order valence-electron chi connectivity index (χ0n) is 7.96.